The van der Waals surface area contributed by atoms with E-state index in [1.165, 1.54) is 5.56 Å². The minimum Gasteiger partial charge on any atom is -0.441 e. The number of rotatable bonds is 2. The zero-order valence-electron chi connectivity index (χ0n) is 10.4. The number of aromatic nitrogens is 1. The van der Waals surface area contributed by atoms with Gasteiger partial charge in [-0.05, 0) is 23.6 Å². The third-order valence-corrected chi connectivity index (χ3v) is 4.35. The highest BCUT2D eigenvalue weighted by Crippen LogP contribution is 2.42. The molecule has 1 N–H and O–H groups in total. The fraction of sp³-hybridized carbons (Fsp3) is 0.500. The van der Waals surface area contributed by atoms with Crippen molar-refractivity contribution in [3.05, 3.63) is 29.7 Å². The maximum absolute atomic E-state index is 5.64. The van der Waals surface area contributed by atoms with Crippen LogP contribution in [0.15, 0.2) is 22.6 Å². The molecule has 94 valence electrons. The van der Waals surface area contributed by atoms with Gasteiger partial charge in [-0.2, -0.15) is 0 Å². The van der Waals surface area contributed by atoms with E-state index in [-0.39, 0.29) is 5.41 Å². The Morgan fingerprint density at radius 3 is 2.78 bits per heavy atom. The van der Waals surface area contributed by atoms with Gasteiger partial charge in [0.2, 0.25) is 0 Å². The zero-order chi connectivity index (χ0) is 12.2. The summed E-state index contributed by atoms with van der Waals surface area (Å²) in [4.78, 5) is 4.35. The van der Waals surface area contributed by atoms with E-state index in [0.717, 1.165) is 43.3 Å². The molecule has 2 aliphatic rings. The van der Waals surface area contributed by atoms with Crippen LogP contribution in [0.25, 0.3) is 11.1 Å². The van der Waals surface area contributed by atoms with Gasteiger partial charge in [-0.25, -0.2) is 4.98 Å². The molecule has 1 aromatic carbocycles. The number of nitrogens with zero attached hydrogens (tertiary/aromatic N) is 1. The van der Waals surface area contributed by atoms with Crippen LogP contribution in [-0.2, 0) is 10.2 Å². The first-order valence-corrected chi connectivity index (χ1v) is 6.44. The lowest BCUT2D eigenvalue weighted by atomic mass is 9.66. The molecule has 0 aliphatic carbocycles. The van der Waals surface area contributed by atoms with E-state index in [1.807, 2.05) is 6.92 Å². The second-order valence-corrected chi connectivity index (χ2v) is 5.42. The smallest absolute Gasteiger partial charge is 0.192 e. The third-order valence-electron chi connectivity index (χ3n) is 4.35. The summed E-state index contributed by atoms with van der Waals surface area (Å²) in [6.45, 7) is 5.74. The molecule has 0 radical (unpaired) electrons. The molecular formula is C14H16N2O2. The first kappa shape index (κ1) is 10.5. The maximum Gasteiger partial charge on any atom is 0.192 e. The van der Waals surface area contributed by atoms with Crippen LogP contribution < -0.4 is 5.32 Å². The first-order chi connectivity index (χ1) is 8.78. The molecule has 3 heterocycles. The highest BCUT2D eigenvalue weighted by molar-refractivity contribution is 5.74. The molecule has 0 unspecified atom stereocenters. The quantitative estimate of drug-likeness (QED) is 0.872. The molecular weight excluding hydrogens is 228 g/mol. The van der Waals surface area contributed by atoms with Crippen LogP contribution in [0.1, 0.15) is 11.5 Å². The Bertz CT molecular complexity index is 597. The number of hydrogen-bond acceptors (Lipinski definition) is 4. The van der Waals surface area contributed by atoms with E-state index in [2.05, 4.69) is 28.5 Å². The summed E-state index contributed by atoms with van der Waals surface area (Å²) in [6, 6.07) is 6.40. The predicted molar refractivity (Wildman–Crippen MR) is 67.6 cm³/mol. The molecule has 2 aromatic rings. The second-order valence-electron chi connectivity index (χ2n) is 5.42. The lowest BCUT2D eigenvalue weighted by molar-refractivity contribution is -0.101. The summed E-state index contributed by atoms with van der Waals surface area (Å²) in [6.07, 6.45) is 0. The summed E-state index contributed by atoms with van der Waals surface area (Å²) in [5.74, 6) is 1.42. The topological polar surface area (TPSA) is 47.3 Å². The first-order valence-electron chi connectivity index (χ1n) is 6.44. The van der Waals surface area contributed by atoms with Crippen molar-refractivity contribution in [1.29, 1.82) is 0 Å². The number of ether oxygens (including phenoxy) is 1. The van der Waals surface area contributed by atoms with Crippen molar-refractivity contribution in [3.63, 3.8) is 0 Å². The van der Waals surface area contributed by atoms with Gasteiger partial charge in [-0.1, -0.05) is 6.07 Å². The van der Waals surface area contributed by atoms with E-state index in [9.17, 15) is 0 Å². The van der Waals surface area contributed by atoms with Crippen LogP contribution in [0.4, 0.5) is 0 Å². The standard InChI is InChI=1S/C14H16N2O2/c1-9-16-12-3-2-10(4-13(12)18-9)14(7-17-8-14)11-5-15-6-11/h2-4,11,15H,5-8H2,1H3. The Hall–Kier alpha value is -1.39. The van der Waals surface area contributed by atoms with E-state index in [0.29, 0.717) is 5.92 Å². The van der Waals surface area contributed by atoms with Gasteiger partial charge in [0, 0.05) is 25.4 Å². The van der Waals surface area contributed by atoms with Crippen molar-refractivity contribution >= 4 is 11.1 Å². The molecule has 18 heavy (non-hydrogen) atoms. The Kier molecular flexibility index (Phi) is 2.08. The predicted octanol–water partition coefficient (Wildman–Crippen LogP) is 1.62. The molecule has 0 amide bonds. The van der Waals surface area contributed by atoms with Crippen LogP contribution in [-0.4, -0.2) is 31.3 Å². The zero-order valence-corrected chi connectivity index (χ0v) is 10.4. The van der Waals surface area contributed by atoms with Gasteiger partial charge < -0.3 is 14.5 Å². The number of aryl methyl sites for hydroxylation is 1. The molecule has 4 rings (SSSR count). The molecule has 0 saturated carbocycles. The van der Waals surface area contributed by atoms with Crippen molar-refractivity contribution in [3.8, 4) is 0 Å². The fourth-order valence-electron chi connectivity index (χ4n) is 2.99. The number of nitrogens with one attached hydrogen (secondary N) is 1. The summed E-state index contributed by atoms with van der Waals surface area (Å²) in [5, 5.41) is 3.35. The normalized spacial score (nSPS) is 22.7. The van der Waals surface area contributed by atoms with E-state index < -0.39 is 0 Å². The Balaban J connectivity index is 1.80. The van der Waals surface area contributed by atoms with Gasteiger partial charge in [0.25, 0.3) is 0 Å². The van der Waals surface area contributed by atoms with E-state index in [4.69, 9.17) is 9.15 Å². The van der Waals surface area contributed by atoms with Crippen LogP contribution in [0, 0.1) is 12.8 Å². The number of oxazole rings is 1. The Labute approximate surface area is 105 Å². The molecule has 4 nitrogen and oxygen atoms in total. The van der Waals surface area contributed by atoms with E-state index >= 15 is 0 Å². The molecule has 0 atom stereocenters. The molecule has 2 aliphatic heterocycles. The van der Waals surface area contributed by atoms with Crippen molar-refractivity contribution in [2.45, 2.75) is 12.3 Å². The van der Waals surface area contributed by atoms with Crippen LogP contribution in [0.3, 0.4) is 0 Å². The lowest BCUT2D eigenvalue weighted by Crippen LogP contribution is -2.62. The minimum atomic E-state index is 0.195. The van der Waals surface area contributed by atoms with Crippen LogP contribution in [0.5, 0.6) is 0 Å². The van der Waals surface area contributed by atoms with Gasteiger partial charge in [0.1, 0.15) is 5.52 Å². The summed E-state index contributed by atoms with van der Waals surface area (Å²) >= 11 is 0. The third kappa shape index (κ3) is 1.30. The maximum atomic E-state index is 5.64. The molecule has 4 heteroatoms. The Morgan fingerprint density at radius 2 is 2.17 bits per heavy atom. The average Bonchev–Trinajstić information content (AvgIpc) is 2.59. The monoisotopic (exact) mass is 244 g/mol. The number of hydrogen-bond donors (Lipinski definition) is 1. The lowest BCUT2D eigenvalue weighted by Gasteiger charge is -2.51. The number of fused-ring (bicyclic) bond motifs is 1. The van der Waals surface area contributed by atoms with Gasteiger partial charge in [0.15, 0.2) is 11.5 Å². The highest BCUT2D eigenvalue weighted by Gasteiger charge is 2.49. The molecule has 1 aromatic heterocycles. The van der Waals surface area contributed by atoms with Gasteiger partial charge >= 0.3 is 0 Å². The molecule has 2 fully saturated rings. The van der Waals surface area contributed by atoms with Crippen molar-refractivity contribution < 1.29 is 9.15 Å². The van der Waals surface area contributed by atoms with Gasteiger partial charge in [-0.3, -0.25) is 0 Å². The fourth-order valence-corrected chi connectivity index (χ4v) is 2.99. The minimum absolute atomic E-state index is 0.195. The van der Waals surface area contributed by atoms with Crippen molar-refractivity contribution in [1.82, 2.24) is 10.3 Å². The van der Waals surface area contributed by atoms with Crippen molar-refractivity contribution in [2.75, 3.05) is 26.3 Å². The van der Waals surface area contributed by atoms with Crippen LogP contribution in [0.2, 0.25) is 0 Å². The molecule has 0 bridgehead atoms. The summed E-state index contributed by atoms with van der Waals surface area (Å²) < 4.78 is 11.1. The van der Waals surface area contributed by atoms with Crippen LogP contribution >= 0.6 is 0 Å². The molecule has 0 spiro atoms. The average molecular weight is 244 g/mol. The SMILES string of the molecule is Cc1nc2ccc(C3(C4CNC4)COC3)cc2o1. The molecule has 2 saturated heterocycles. The highest BCUT2D eigenvalue weighted by atomic mass is 16.5. The number of benzene rings is 1. The summed E-state index contributed by atoms with van der Waals surface area (Å²) in [5.41, 5.74) is 3.37. The Morgan fingerprint density at radius 1 is 1.33 bits per heavy atom. The summed E-state index contributed by atoms with van der Waals surface area (Å²) in [7, 11) is 0. The largest absolute Gasteiger partial charge is 0.441 e. The second kappa shape index (κ2) is 3.56. The van der Waals surface area contributed by atoms with Crippen molar-refractivity contribution in [2.24, 2.45) is 5.92 Å². The van der Waals surface area contributed by atoms with E-state index in [1.54, 1.807) is 0 Å². The van der Waals surface area contributed by atoms with Gasteiger partial charge in [-0.15, -0.1) is 0 Å². The van der Waals surface area contributed by atoms with Gasteiger partial charge in [0.05, 0.1) is 13.2 Å².